The molecule has 4 rings (SSSR count). The first kappa shape index (κ1) is 18.7. The highest BCUT2D eigenvalue weighted by molar-refractivity contribution is 7.09. The monoisotopic (exact) mass is 397 g/mol. The van der Waals surface area contributed by atoms with Crippen molar-refractivity contribution in [2.75, 3.05) is 22.9 Å². The molecule has 2 aliphatic heterocycles. The van der Waals surface area contributed by atoms with E-state index in [1.807, 2.05) is 47.5 Å². The quantitative estimate of drug-likeness (QED) is 0.843. The van der Waals surface area contributed by atoms with E-state index < -0.39 is 0 Å². The summed E-state index contributed by atoms with van der Waals surface area (Å²) in [7, 11) is 0. The molecule has 3 amide bonds. The minimum Gasteiger partial charge on any atom is -0.351 e. The summed E-state index contributed by atoms with van der Waals surface area (Å²) in [6.45, 7) is 3.45. The Labute approximate surface area is 168 Å². The maximum atomic E-state index is 12.5. The first-order valence-electron chi connectivity index (χ1n) is 9.60. The molecule has 1 N–H and O–H groups in total. The third-order valence-corrected chi connectivity index (χ3v) is 6.26. The van der Waals surface area contributed by atoms with E-state index in [-0.39, 0.29) is 30.1 Å². The predicted molar refractivity (Wildman–Crippen MR) is 109 cm³/mol. The molecule has 6 nitrogen and oxygen atoms in total. The van der Waals surface area contributed by atoms with E-state index >= 15 is 0 Å². The number of anilines is 2. The molecule has 0 spiro atoms. The van der Waals surface area contributed by atoms with Crippen LogP contribution in [-0.4, -0.2) is 30.8 Å². The summed E-state index contributed by atoms with van der Waals surface area (Å²) in [5.41, 5.74) is 2.83. The molecule has 28 heavy (non-hydrogen) atoms. The number of fused-ring (bicyclic) bond motifs is 1. The Hall–Kier alpha value is -2.67. The van der Waals surface area contributed by atoms with Crippen molar-refractivity contribution in [2.24, 2.45) is 5.92 Å². The molecule has 0 aliphatic carbocycles. The van der Waals surface area contributed by atoms with Gasteiger partial charge < -0.3 is 15.1 Å². The standard InChI is InChI=1S/C21H23N3O3S/c1-2-19(25)23-8-7-14-10-16(5-6-18(14)23)24-13-15(11-20(24)26)21(27)22-12-17-4-3-9-28-17/h3-6,9-10,15H,2,7-8,11-13H2,1H3,(H,22,27)/t15-/m0/s1. The number of hydrogen-bond acceptors (Lipinski definition) is 4. The molecule has 0 saturated carbocycles. The van der Waals surface area contributed by atoms with E-state index in [0.29, 0.717) is 26.1 Å². The fourth-order valence-electron chi connectivity index (χ4n) is 3.87. The first-order valence-corrected chi connectivity index (χ1v) is 10.5. The predicted octanol–water partition coefficient (Wildman–Crippen LogP) is 2.72. The van der Waals surface area contributed by atoms with Gasteiger partial charge in [0.1, 0.15) is 0 Å². The Morgan fingerprint density at radius 1 is 1.29 bits per heavy atom. The van der Waals surface area contributed by atoms with Crippen molar-refractivity contribution in [2.45, 2.75) is 32.7 Å². The van der Waals surface area contributed by atoms with Crippen LogP contribution in [0.3, 0.4) is 0 Å². The van der Waals surface area contributed by atoms with E-state index in [2.05, 4.69) is 5.32 Å². The van der Waals surface area contributed by atoms with Gasteiger partial charge in [-0.2, -0.15) is 0 Å². The number of hydrogen-bond donors (Lipinski definition) is 1. The Morgan fingerprint density at radius 3 is 2.89 bits per heavy atom. The van der Waals surface area contributed by atoms with Crippen LogP contribution in [0.4, 0.5) is 11.4 Å². The fourth-order valence-corrected chi connectivity index (χ4v) is 4.52. The molecule has 1 atom stereocenters. The van der Waals surface area contributed by atoms with Crippen molar-refractivity contribution in [3.05, 3.63) is 46.2 Å². The number of nitrogens with zero attached hydrogens (tertiary/aromatic N) is 2. The van der Waals surface area contributed by atoms with Gasteiger partial charge in [0.05, 0.1) is 12.5 Å². The lowest BCUT2D eigenvalue weighted by atomic mass is 10.1. The van der Waals surface area contributed by atoms with Crippen LogP contribution in [0.25, 0.3) is 0 Å². The molecule has 146 valence electrons. The number of nitrogens with one attached hydrogen (secondary N) is 1. The average molecular weight is 398 g/mol. The van der Waals surface area contributed by atoms with Crippen LogP contribution in [0, 0.1) is 5.92 Å². The van der Waals surface area contributed by atoms with Gasteiger partial charge in [-0.15, -0.1) is 11.3 Å². The van der Waals surface area contributed by atoms with E-state index in [0.717, 1.165) is 28.2 Å². The number of rotatable bonds is 5. The average Bonchev–Trinajstić information content (AvgIpc) is 3.44. The highest BCUT2D eigenvalue weighted by Crippen LogP contribution is 2.34. The molecular formula is C21H23N3O3S. The fraction of sp³-hybridized carbons (Fsp3) is 0.381. The SMILES string of the molecule is CCC(=O)N1CCc2cc(N3C[C@@H](C(=O)NCc4cccs4)CC3=O)ccc21. The molecule has 2 aromatic rings. The van der Waals surface area contributed by atoms with E-state index in [9.17, 15) is 14.4 Å². The van der Waals surface area contributed by atoms with Gasteiger partial charge in [-0.1, -0.05) is 13.0 Å². The Balaban J connectivity index is 1.43. The largest absolute Gasteiger partial charge is 0.351 e. The van der Waals surface area contributed by atoms with Crippen LogP contribution in [0.2, 0.25) is 0 Å². The minimum absolute atomic E-state index is 0.0317. The lowest BCUT2D eigenvalue weighted by Crippen LogP contribution is -2.32. The van der Waals surface area contributed by atoms with Crippen molar-refractivity contribution in [1.29, 1.82) is 0 Å². The molecule has 1 fully saturated rings. The van der Waals surface area contributed by atoms with E-state index in [4.69, 9.17) is 0 Å². The Kier molecular flexibility index (Phi) is 5.17. The molecule has 7 heteroatoms. The summed E-state index contributed by atoms with van der Waals surface area (Å²) in [4.78, 5) is 41.7. The van der Waals surface area contributed by atoms with E-state index in [1.54, 1.807) is 16.2 Å². The maximum Gasteiger partial charge on any atom is 0.227 e. The normalized spacial score (nSPS) is 18.5. The lowest BCUT2D eigenvalue weighted by molar-refractivity contribution is -0.126. The van der Waals surface area contributed by atoms with Crippen LogP contribution in [-0.2, 0) is 27.3 Å². The molecule has 0 bridgehead atoms. The summed E-state index contributed by atoms with van der Waals surface area (Å²) in [5, 5.41) is 4.91. The molecule has 1 aromatic heterocycles. The molecule has 0 radical (unpaired) electrons. The first-order chi connectivity index (χ1) is 13.6. The van der Waals surface area contributed by atoms with Gasteiger partial charge in [0.2, 0.25) is 17.7 Å². The second kappa shape index (κ2) is 7.75. The van der Waals surface area contributed by atoms with Crippen molar-refractivity contribution in [3.63, 3.8) is 0 Å². The topological polar surface area (TPSA) is 69.7 Å². The van der Waals surface area contributed by atoms with Crippen LogP contribution < -0.4 is 15.1 Å². The third-order valence-electron chi connectivity index (χ3n) is 5.39. The molecule has 2 aliphatic rings. The Bertz CT molecular complexity index is 910. The number of carbonyl (C=O) groups is 3. The smallest absolute Gasteiger partial charge is 0.227 e. The van der Waals surface area contributed by atoms with Crippen molar-refractivity contribution < 1.29 is 14.4 Å². The van der Waals surface area contributed by atoms with Gasteiger partial charge >= 0.3 is 0 Å². The molecule has 1 aromatic carbocycles. The zero-order valence-corrected chi connectivity index (χ0v) is 16.6. The Morgan fingerprint density at radius 2 is 2.14 bits per heavy atom. The summed E-state index contributed by atoms with van der Waals surface area (Å²) >= 11 is 1.60. The number of thiophene rings is 1. The van der Waals surface area contributed by atoms with Crippen LogP contribution in [0.15, 0.2) is 35.7 Å². The van der Waals surface area contributed by atoms with Crippen LogP contribution in [0.1, 0.15) is 30.2 Å². The number of benzene rings is 1. The van der Waals surface area contributed by atoms with Crippen LogP contribution >= 0.6 is 11.3 Å². The van der Waals surface area contributed by atoms with Crippen LogP contribution in [0.5, 0.6) is 0 Å². The van der Waals surface area contributed by atoms with Crippen molar-refractivity contribution in [1.82, 2.24) is 5.32 Å². The van der Waals surface area contributed by atoms with Gasteiger partial charge in [0, 0.05) is 42.2 Å². The zero-order chi connectivity index (χ0) is 19.7. The maximum absolute atomic E-state index is 12.5. The highest BCUT2D eigenvalue weighted by Gasteiger charge is 2.35. The van der Waals surface area contributed by atoms with Crippen molar-refractivity contribution in [3.8, 4) is 0 Å². The van der Waals surface area contributed by atoms with Gasteiger partial charge in [0.15, 0.2) is 0 Å². The molecular weight excluding hydrogens is 374 g/mol. The number of amides is 3. The second-order valence-corrected chi connectivity index (χ2v) is 8.20. The lowest BCUT2D eigenvalue weighted by Gasteiger charge is -2.20. The zero-order valence-electron chi connectivity index (χ0n) is 15.8. The van der Waals surface area contributed by atoms with E-state index in [1.165, 1.54) is 0 Å². The van der Waals surface area contributed by atoms with Gasteiger partial charge in [0.25, 0.3) is 0 Å². The summed E-state index contributed by atoms with van der Waals surface area (Å²) < 4.78 is 0. The third kappa shape index (κ3) is 3.54. The summed E-state index contributed by atoms with van der Waals surface area (Å²) in [6, 6.07) is 9.72. The molecule has 0 unspecified atom stereocenters. The summed E-state index contributed by atoms with van der Waals surface area (Å²) in [5.74, 6) is -0.328. The minimum atomic E-state index is -0.334. The molecule has 1 saturated heterocycles. The van der Waals surface area contributed by atoms with Gasteiger partial charge in [-0.05, 0) is 41.6 Å². The van der Waals surface area contributed by atoms with Crippen molar-refractivity contribution >= 4 is 40.4 Å². The van der Waals surface area contributed by atoms with Gasteiger partial charge in [-0.25, -0.2) is 0 Å². The molecule has 3 heterocycles. The highest BCUT2D eigenvalue weighted by atomic mass is 32.1. The summed E-state index contributed by atoms with van der Waals surface area (Å²) in [6.07, 6.45) is 1.50. The second-order valence-electron chi connectivity index (χ2n) is 7.16. The number of carbonyl (C=O) groups excluding carboxylic acids is 3. The van der Waals surface area contributed by atoms with Gasteiger partial charge in [-0.3, -0.25) is 14.4 Å².